The van der Waals surface area contributed by atoms with E-state index in [0.29, 0.717) is 40.5 Å². The zero-order valence-corrected chi connectivity index (χ0v) is 17.0. The molecule has 0 radical (unpaired) electrons. The minimum Gasteiger partial charge on any atom is -0.381 e. The van der Waals surface area contributed by atoms with Gasteiger partial charge in [-0.25, -0.2) is 9.67 Å². The second-order valence-electron chi connectivity index (χ2n) is 7.52. The molecule has 8 nitrogen and oxygen atoms in total. The van der Waals surface area contributed by atoms with Gasteiger partial charge in [0.2, 0.25) is 0 Å². The van der Waals surface area contributed by atoms with Crippen molar-refractivity contribution in [2.75, 3.05) is 19.8 Å². The van der Waals surface area contributed by atoms with Gasteiger partial charge in [0, 0.05) is 32.2 Å². The van der Waals surface area contributed by atoms with Gasteiger partial charge in [-0.15, -0.1) is 0 Å². The predicted octanol–water partition coefficient (Wildman–Crippen LogP) is 2.65. The fourth-order valence-electron chi connectivity index (χ4n) is 3.65. The van der Waals surface area contributed by atoms with Crippen LogP contribution < -0.4 is 10.9 Å². The van der Waals surface area contributed by atoms with Crippen molar-refractivity contribution in [2.24, 2.45) is 5.92 Å². The average Bonchev–Trinajstić information content (AvgIpc) is 3.21. The Labute approximate surface area is 179 Å². The lowest BCUT2D eigenvalue weighted by molar-refractivity contribution is 0.0636. The zero-order chi connectivity index (χ0) is 21.6. The van der Waals surface area contributed by atoms with Crippen molar-refractivity contribution >= 4 is 5.91 Å². The van der Waals surface area contributed by atoms with E-state index in [0.717, 1.165) is 32.5 Å². The topological polar surface area (TPSA) is 113 Å². The highest BCUT2D eigenvalue weighted by atomic mass is 16.5. The van der Waals surface area contributed by atoms with Gasteiger partial charge in [0.25, 0.3) is 11.5 Å². The summed E-state index contributed by atoms with van der Waals surface area (Å²) in [6.07, 6.45) is 6.09. The van der Waals surface area contributed by atoms with Crippen LogP contribution in [0.3, 0.4) is 0 Å². The molecule has 0 aliphatic carbocycles. The third kappa shape index (κ3) is 4.73. The SMILES string of the molecule is N#Cc1ccc(-c2c[nH]n(-c3ccc(C(=O)NCCC4CCOCC4)cn3)c2=O)cc1. The first-order chi connectivity index (χ1) is 15.2. The Morgan fingerprint density at radius 1 is 1.23 bits per heavy atom. The number of benzene rings is 1. The highest BCUT2D eigenvalue weighted by Gasteiger charge is 2.15. The third-order valence-corrected chi connectivity index (χ3v) is 5.51. The first-order valence-electron chi connectivity index (χ1n) is 10.3. The van der Waals surface area contributed by atoms with Crippen molar-refractivity contribution in [3.8, 4) is 23.0 Å². The van der Waals surface area contributed by atoms with Gasteiger partial charge >= 0.3 is 0 Å². The number of rotatable bonds is 6. The van der Waals surface area contributed by atoms with E-state index < -0.39 is 0 Å². The summed E-state index contributed by atoms with van der Waals surface area (Å²) in [5, 5.41) is 14.7. The maximum Gasteiger partial charge on any atom is 0.280 e. The molecule has 2 aromatic heterocycles. The zero-order valence-electron chi connectivity index (χ0n) is 17.0. The summed E-state index contributed by atoms with van der Waals surface area (Å²) in [6, 6.07) is 12.1. The molecule has 3 heterocycles. The number of nitriles is 1. The molecule has 1 aliphatic heterocycles. The normalized spacial score (nSPS) is 14.2. The van der Waals surface area contributed by atoms with Crippen molar-refractivity contribution in [1.29, 1.82) is 5.26 Å². The highest BCUT2D eigenvalue weighted by Crippen LogP contribution is 2.18. The maximum absolute atomic E-state index is 12.8. The number of nitrogens with one attached hydrogen (secondary N) is 2. The van der Waals surface area contributed by atoms with Crippen molar-refractivity contribution in [3.63, 3.8) is 0 Å². The van der Waals surface area contributed by atoms with Gasteiger partial charge in [0.15, 0.2) is 5.82 Å². The molecule has 1 saturated heterocycles. The summed E-state index contributed by atoms with van der Waals surface area (Å²) >= 11 is 0. The minimum atomic E-state index is -0.258. The summed E-state index contributed by atoms with van der Waals surface area (Å²) in [5.41, 5.74) is 1.90. The molecule has 0 atom stereocenters. The number of carbonyl (C=O) groups excluding carboxylic acids is 1. The van der Waals surface area contributed by atoms with Gasteiger partial charge in [-0.05, 0) is 55.0 Å². The van der Waals surface area contributed by atoms with Gasteiger partial charge < -0.3 is 10.1 Å². The van der Waals surface area contributed by atoms with E-state index >= 15 is 0 Å². The number of amides is 1. The van der Waals surface area contributed by atoms with Gasteiger partial charge in [-0.1, -0.05) is 12.1 Å². The fourth-order valence-corrected chi connectivity index (χ4v) is 3.65. The molecule has 31 heavy (non-hydrogen) atoms. The van der Waals surface area contributed by atoms with Crippen LogP contribution in [0.5, 0.6) is 0 Å². The van der Waals surface area contributed by atoms with Crippen molar-refractivity contribution in [3.05, 3.63) is 70.3 Å². The van der Waals surface area contributed by atoms with Crippen molar-refractivity contribution < 1.29 is 9.53 Å². The number of ether oxygens (including phenoxy) is 1. The number of aromatic nitrogens is 3. The molecule has 8 heteroatoms. The molecule has 0 spiro atoms. The van der Waals surface area contributed by atoms with Gasteiger partial charge in [0.1, 0.15) is 0 Å². The minimum absolute atomic E-state index is 0.178. The molecule has 1 fully saturated rings. The first kappa shape index (κ1) is 20.6. The fraction of sp³-hybridized carbons (Fsp3) is 0.304. The number of nitrogens with zero attached hydrogens (tertiary/aromatic N) is 3. The van der Waals surface area contributed by atoms with E-state index in [-0.39, 0.29) is 11.5 Å². The van der Waals surface area contributed by atoms with E-state index in [1.165, 1.54) is 10.9 Å². The second-order valence-corrected chi connectivity index (χ2v) is 7.52. The van der Waals surface area contributed by atoms with Gasteiger partial charge in [-0.3, -0.25) is 14.7 Å². The lowest BCUT2D eigenvalue weighted by atomic mass is 9.97. The van der Waals surface area contributed by atoms with Crippen LogP contribution in [0.15, 0.2) is 53.6 Å². The number of hydrogen-bond acceptors (Lipinski definition) is 5. The largest absolute Gasteiger partial charge is 0.381 e. The molecular formula is C23H23N5O3. The second kappa shape index (κ2) is 9.41. The van der Waals surface area contributed by atoms with Crippen LogP contribution in [0.2, 0.25) is 0 Å². The lowest BCUT2D eigenvalue weighted by Crippen LogP contribution is -2.27. The summed E-state index contributed by atoms with van der Waals surface area (Å²) < 4.78 is 6.67. The van der Waals surface area contributed by atoms with E-state index in [1.54, 1.807) is 42.6 Å². The molecule has 0 saturated carbocycles. The number of aromatic amines is 1. The van der Waals surface area contributed by atoms with Crippen LogP contribution in [-0.2, 0) is 4.74 Å². The molecule has 3 aromatic rings. The molecule has 0 bridgehead atoms. The Hall–Kier alpha value is -3.70. The van der Waals surface area contributed by atoms with E-state index in [1.807, 2.05) is 0 Å². The molecule has 1 aliphatic rings. The number of pyridine rings is 1. The summed E-state index contributed by atoms with van der Waals surface area (Å²) in [6.45, 7) is 2.22. The Morgan fingerprint density at radius 3 is 2.68 bits per heavy atom. The Bertz CT molecular complexity index is 1130. The average molecular weight is 417 g/mol. The summed E-state index contributed by atoms with van der Waals surface area (Å²) in [4.78, 5) is 29.4. The maximum atomic E-state index is 12.8. The monoisotopic (exact) mass is 417 g/mol. The van der Waals surface area contributed by atoms with Crippen LogP contribution in [-0.4, -0.2) is 40.4 Å². The molecule has 1 aromatic carbocycles. The smallest absolute Gasteiger partial charge is 0.280 e. The standard InChI is InChI=1S/C23H23N5O3/c24-13-17-1-3-18(4-2-17)20-15-27-28(23(20)30)21-6-5-19(14-26-21)22(29)25-10-7-16-8-11-31-12-9-16/h1-6,14-16,27H,7-12H2,(H,25,29). The van der Waals surface area contributed by atoms with Crippen LogP contribution in [0.25, 0.3) is 16.9 Å². The van der Waals surface area contributed by atoms with Crippen LogP contribution in [0.1, 0.15) is 35.2 Å². The Morgan fingerprint density at radius 2 is 2.00 bits per heavy atom. The molecule has 1 amide bonds. The quantitative estimate of drug-likeness (QED) is 0.640. The Kier molecular flexibility index (Phi) is 6.24. The number of carbonyl (C=O) groups is 1. The molecule has 2 N–H and O–H groups in total. The Balaban J connectivity index is 1.41. The van der Waals surface area contributed by atoms with Gasteiger partial charge in [-0.2, -0.15) is 5.26 Å². The molecular weight excluding hydrogens is 394 g/mol. The van der Waals surface area contributed by atoms with Crippen molar-refractivity contribution in [2.45, 2.75) is 19.3 Å². The number of hydrogen-bond donors (Lipinski definition) is 2. The summed E-state index contributed by atoms with van der Waals surface area (Å²) in [7, 11) is 0. The van der Waals surface area contributed by atoms with Gasteiger partial charge in [0.05, 0.1) is 22.8 Å². The molecule has 158 valence electrons. The highest BCUT2D eigenvalue weighted by molar-refractivity contribution is 5.93. The predicted molar refractivity (Wildman–Crippen MR) is 115 cm³/mol. The van der Waals surface area contributed by atoms with Crippen LogP contribution in [0, 0.1) is 17.2 Å². The number of H-pyrrole nitrogens is 1. The van der Waals surface area contributed by atoms with Crippen LogP contribution >= 0.6 is 0 Å². The third-order valence-electron chi connectivity index (χ3n) is 5.51. The first-order valence-corrected chi connectivity index (χ1v) is 10.3. The summed E-state index contributed by atoms with van der Waals surface area (Å²) in [5.74, 6) is 0.812. The molecule has 0 unspecified atom stereocenters. The van der Waals surface area contributed by atoms with E-state index in [9.17, 15) is 9.59 Å². The van der Waals surface area contributed by atoms with Crippen LogP contribution in [0.4, 0.5) is 0 Å². The molecule has 4 rings (SSSR count). The van der Waals surface area contributed by atoms with E-state index in [2.05, 4.69) is 21.5 Å². The van der Waals surface area contributed by atoms with E-state index in [4.69, 9.17) is 10.00 Å². The lowest BCUT2D eigenvalue weighted by Gasteiger charge is -2.21. The van der Waals surface area contributed by atoms with Crippen molar-refractivity contribution in [1.82, 2.24) is 20.1 Å².